The summed E-state index contributed by atoms with van der Waals surface area (Å²) in [6, 6.07) is 4.60. The summed E-state index contributed by atoms with van der Waals surface area (Å²) in [6.45, 7) is 0.420. The molecule has 1 aromatic carbocycles. The van der Waals surface area contributed by atoms with Crippen LogP contribution in [0.4, 0.5) is 0 Å². The first-order valence-corrected chi connectivity index (χ1v) is 6.50. The zero-order chi connectivity index (χ0) is 13.9. The SMILES string of the molecule is COc1ccc(O)c(C(=O)NC2(CN)CCCC2)c1.Cl. The molecule has 0 aliphatic heterocycles. The average Bonchev–Trinajstić information content (AvgIpc) is 2.88. The van der Waals surface area contributed by atoms with E-state index in [-0.39, 0.29) is 35.2 Å². The average molecular weight is 301 g/mol. The monoisotopic (exact) mass is 300 g/mol. The van der Waals surface area contributed by atoms with Crippen molar-refractivity contribution in [3.63, 3.8) is 0 Å². The largest absolute Gasteiger partial charge is 0.507 e. The number of halogens is 1. The van der Waals surface area contributed by atoms with Gasteiger partial charge in [0.05, 0.1) is 18.2 Å². The molecule has 0 bridgehead atoms. The fraction of sp³-hybridized carbons (Fsp3) is 0.500. The predicted molar refractivity (Wildman–Crippen MR) is 79.6 cm³/mol. The third-order valence-corrected chi connectivity index (χ3v) is 3.78. The molecule has 0 spiro atoms. The third kappa shape index (κ3) is 3.35. The first kappa shape index (κ1) is 16.6. The topological polar surface area (TPSA) is 84.6 Å². The number of aromatic hydroxyl groups is 1. The lowest BCUT2D eigenvalue weighted by atomic mass is 9.97. The van der Waals surface area contributed by atoms with E-state index in [0.717, 1.165) is 25.7 Å². The number of nitrogens with one attached hydrogen (secondary N) is 1. The quantitative estimate of drug-likeness (QED) is 0.792. The van der Waals surface area contributed by atoms with Crippen LogP contribution < -0.4 is 15.8 Å². The summed E-state index contributed by atoms with van der Waals surface area (Å²) >= 11 is 0. The maximum atomic E-state index is 12.3. The summed E-state index contributed by atoms with van der Waals surface area (Å²) in [7, 11) is 1.52. The highest BCUT2D eigenvalue weighted by atomic mass is 35.5. The molecule has 0 heterocycles. The zero-order valence-electron chi connectivity index (χ0n) is 11.5. The fourth-order valence-corrected chi connectivity index (χ4v) is 2.56. The number of carbonyl (C=O) groups is 1. The van der Waals surface area contributed by atoms with Crippen molar-refractivity contribution < 1.29 is 14.6 Å². The van der Waals surface area contributed by atoms with E-state index >= 15 is 0 Å². The van der Waals surface area contributed by atoms with Gasteiger partial charge in [-0.1, -0.05) is 12.8 Å². The number of nitrogens with two attached hydrogens (primary N) is 1. The summed E-state index contributed by atoms with van der Waals surface area (Å²) in [6.07, 6.45) is 3.92. The molecule has 1 fully saturated rings. The van der Waals surface area contributed by atoms with Crippen LogP contribution in [0.1, 0.15) is 36.0 Å². The van der Waals surface area contributed by atoms with Crippen LogP contribution in [0.2, 0.25) is 0 Å². The molecular weight excluding hydrogens is 280 g/mol. The van der Waals surface area contributed by atoms with Gasteiger partial charge in [-0.3, -0.25) is 4.79 Å². The van der Waals surface area contributed by atoms with Crippen LogP contribution in [0.25, 0.3) is 0 Å². The molecular formula is C14H21ClN2O3. The zero-order valence-corrected chi connectivity index (χ0v) is 12.3. The highest BCUT2D eigenvalue weighted by Crippen LogP contribution is 2.30. The van der Waals surface area contributed by atoms with E-state index in [9.17, 15) is 9.90 Å². The van der Waals surface area contributed by atoms with Gasteiger partial charge >= 0.3 is 0 Å². The van der Waals surface area contributed by atoms with E-state index in [1.165, 1.54) is 19.2 Å². The Balaban J connectivity index is 0.00000200. The van der Waals surface area contributed by atoms with E-state index in [1.54, 1.807) is 6.07 Å². The second kappa shape index (κ2) is 6.81. The number of hydrogen-bond acceptors (Lipinski definition) is 4. The minimum Gasteiger partial charge on any atom is -0.507 e. The van der Waals surface area contributed by atoms with Crippen molar-refractivity contribution in [1.82, 2.24) is 5.32 Å². The molecule has 112 valence electrons. The fourth-order valence-electron chi connectivity index (χ4n) is 2.56. The van der Waals surface area contributed by atoms with Crippen molar-refractivity contribution in [2.45, 2.75) is 31.2 Å². The van der Waals surface area contributed by atoms with Gasteiger partial charge in [-0.25, -0.2) is 0 Å². The molecule has 2 rings (SSSR count). The van der Waals surface area contributed by atoms with Crippen molar-refractivity contribution in [3.8, 4) is 11.5 Å². The lowest BCUT2D eigenvalue weighted by Gasteiger charge is -2.28. The standard InChI is InChI=1S/C14H20N2O3.ClH/c1-19-10-4-5-12(17)11(8-10)13(18)16-14(9-15)6-2-3-7-14;/h4-5,8,17H,2-3,6-7,9,15H2,1H3,(H,16,18);1H. The first-order valence-electron chi connectivity index (χ1n) is 6.50. The molecule has 0 atom stereocenters. The van der Waals surface area contributed by atoms with E-state index in [2.05, 4.69) is 5.32 Å². The number of ether oxygens (including phenoxy) is 1. The van der Waals surface area contributed by atoms with E-state index in [1.807, 2.05) is 0 Å². The summed E-state index contributed by atoms with van der Waals surface area (Å²) in [5.41, 5.74) is 5.68. The predicted octanol–water partition coefficient (Wildman–Crippen LogP) is 1.82. The van der Waals surface area contributed by atoms with Crippen molar-refractivity contribution in [3.05, 3.63) is 23.8 Å². The number of benzene rings is 1. The molecule has 0 unspecified atom stereocenters. The van der Waals surface area contributed by atoms with Crippen LogP contribution in [-0.2, 0) is 0 Å². The molecule has 20 heavy (non-hydrogen) atoms. The smallest absolute Gasteiger partial charge is 0.255 e. The minimum atomic E-state index is -0.327. The number of rotatable bonds is 4. The molecule has 4 N–H and O–H groups in total. The summed E-state index contributed by atoms with van der Waals surface area (Å²) in [5.74, 6) is 0.184. The van der Waals surface area contributed by atoms with Crippen molar-refractivity contribution >= 4 is 18.3 Å². The lowest BCUT2D eigenvalue weighted by Crippen LogP contribution is -2.51. The maximum Gasteiger partial charge on any atom is 0.255 e. The summed E-state index contributed by atoms with van der Waals surface area (Å²) in [5, 5.41) is 12.8. The van der Waals surface area contributed by atoms with Gasteiger partial charge in [-0.15, -0.1) is 12.4 Å². The Hall–Kier alpha value is -1.46. The number of phenolic OH excluding ortho intramolecular Hbond substituents is 1. The van der Waals surface area contributed by atoms with Crippen LogP contribution in [0.3, 0.4) is 0 Å². The summed E-state index contributed by atoms with van der Waals surface area (Å²) in [4.78, 5) is 12.3. The maximum absolute atomic E-state index is 12.3. The van der Waals surface area contributed by atoms with Crippen molar-refractivity contribution in [2.24, 2.45) is 5.73 Å². The third-order valence-electron chi connectivity index (χ3n) is 3.78. The van der Waals surface area contributed by atoms with Crippen LogP contribution in [0.5, 0.6) is 11.5 Å². The van der Waals surface area contributed by atoms with Gasteiger partial charge in [0.1, 0.15) is 11.5 Å². The van der Waals surface area contributed by atoms with Gasteiger partial charge < -0.3 is 20.9 Å². The molecule has 1 aromatic rings. The molecule has 0 saturated heterocycles. The molecule has 1 aliphatic rings. The van der Waals surface area contributed by atoms with Crippen molar-refractivity contribution in [1.29, 1.82) is 0 Å². The Labute approximate surface area is 124 Å². The second-order valence-electron chi connectivity index (χ2n) is 5.03. The Kier molecular flexibility index (Phi) is 5.65. The summed E-state index contributed by atoms with van der Waals surface area (Å²) < 4.78 is 5.07. The van der Waals surface area contributed by atoms with Crippen LogP contribution >= 0.6 is 12.4 Å². The van der Waals surface area contributed by atoms with E-state index < -0.39 is 0 Å². The molecule has 0 aromatic heterocycles. The van der Waals surface area contributed by atoms with Gasteiger partial charge in [0.15, 0.2) is 0 Å². The van der Waals surface area contributed by atoms with Gasteiger partial charge in [-0.2, -0.15) is 0 Å². The van der Waals surface area contributed by atoms with Crippen molar-refractivity contribution in [2.75, 3.05) is 13.7 Å². The van der Waals surface area contributed by atoms with Crippen LogP contribution in [0.15, 0.2) is 18.2 Å². The van der Waals surface area contributed by atoms with Gasteiger partial charge in [0.25, 0.3) is 5.91 Å². The number of hydrogen-bond donors (Lipinski definition) is 3. The number of methoxy groups -OCH3 is 1. The number of amides is 1. The highest BCUT2D eigenvalue weighted by Gasteiger charge is 2.34. The molecule has 1 saturated carbocycles. The lowest BCUT2D eigenvalue weighted by molar-refractivity contribution is 0.0900. The molecule has 6 heteroatoms. The molecule has 0 radical (unpaired) electrons. The number of carbonyl (C=O) groups excluding carboxylic acids is 1. The van der Waals surface area contributed by atoms with Gasteiger partial charge in [0, 0.05) is 6.54 Å². The van der Waals surface area contributed by atoms with Crippen LogP contribution in [-0.4, -0.2) is 30.2 Å². The highest BCUT2D eigenvalue weighted by molar-refractivity contribution is 5.97. The molecule has 1 amide bonds. The second-order valence-corrected chi connectivity index (χ2v) is 5.03. The minimum absolute atomic E-state index is 0. The Morgan fingerprint density at radius 2 is 2.10 bits per heavy atom. The van der Waals surface area contributed by atoms with E-state index in [4.69, 9.17) is 10.5 Å². The Bertz CT molecular complexity index is 473. The Morgan fingerprint density at radius 3 is 2.65 bits per heavy atom. The number of phenols is 1. The molecule has 1 aliphatic carbocycles. The Morgan fingerprint density at radius 1 is 1.45 bits per heavy atom. The normalized spacial score (nSPS) is 16.3. The van der Waals surface area contributed by atoms with Gasteiger partial charge in [0.2, 0.25) is 0 Å². The van der Waals surface area contributed by atoms with Crippen LogP contribution in [0, 0.1) is 0 Å². The molecule has 5 nitrogen and oxygen atoms in total. The van der Waals surface area contributed by atoms with E-state index in [0.29, 0.717) is 12.3 Å². The van der Waals surface area contributed by atoms with Gasteiger partial charge in [-0.05, 0) is 31.0 Å². The first-order chi connectivity index (χ1) is 9.10.